The maximum Gasteiger partial charge on any atom is 0.212 e. The SMILES string of the molecule is CCc1cc(-c2ccc(-c3ccccc3C)[n+](C)c2)ccc1F.Cc1cc(-c2ccc(-c3ccccc3C)[n+](C)c2)ccc1F.Cc1ccccc1-c1ccc(-c2ccc(F)c(C(C)C)c2)c[n+]1C. The van der Waals surface area contributed by atoms with Gasteiger partial charge in [0.2, 0.25) is 17.1 Å². The van der Waals surface area contributed by atoms with Crippen LogP contribution < -0.4 is 13.7 Å². The van der Waals surface area contributed by atoms with Crippen LogP contribution in [0.2, 0.25) is 0 Å². The fourth-order valence-electron chi connectivity index (χ4n) is 8.77. The largest absolute Gasteiger partial charge is 0.212 e. The number of aromatic nitrogens is 3. The molecule has 3 aromatic heterocycles. The van der Waals surface area contributed by atoms with Crippen molar-refractivity contribution in [3.8, 4) is 67.2 Å². The molecule has 9 rings (SSSR count). The van der Waals surface area contributed by atoms with Crippen LogP contribution in [0.5, 0.6) is 0 Å². The van der Waals surface area contributed by atoms with Gasteiger partial charge in [0.1, 0.15) is 38.6 Å². The molecule has 6 aromatic carbocycles. The van der Waals surface area contributed by atoms with Gasteiger partial charge in [0, 0.05) is 51.6 Å². The molecule has 0 saturated carbocycles. The summed E-state index contributed by atoms with van der Waals surface area (Å²) in [5.41, 5.74) is 19.6. The van der Waals surface area contributed by atoms with Crippen molar-refractivity contribution in [2.24, 2.45) is 21.1 Å². The number of nitrogens with zero attached hydrogens (tertiary/aromatic N) is 3. The van der Waals surface area contributed by atoms with Gasteiger partial charge in [0.25, 0.3) is 0 Å². The number of aryl methyl sites for hydroxylation is 8. The van der Waals surface area contributed by atoms with Crippen molar-refractivity contribution < 1.29 is 26.9 Å². The lowest BCUT2D eigenvalue weighted by atomic mass is 9.97. The Hall–Kier alpha value is -7.44. The molecule has 9 aromatic rings. The Morgan fingerprint density at radius 2 is 0.725 bits per heavy atom. The fourth-order valence-corrected chi connectivity index (χ4v) is 8.77. The van der Waals surface area contributed by atoms with Crippen LogP contribution in [-0.4, -0.2) is 0 Å². The molecule has 3 nitrogen and oxygen atoms in total. The van der Waals surface area contributed by atoms with E-state index in [1.807, 2.05) is 64.2 Å². The summed E-state index contributed by atoms with van der Waals surface area (Å²) in [5.74, 6) is -0.249. The van der Waals surface area contributed by atoms with Crippen molar-refractivity contribution in [1.82, 2.24) is 0 Å². The van der Waals surface area contributed by atoms with Crippen molar-refractivity contribution in [2.45, 2.75) is 60.8 Å². The van der Waals surface area contributed by atoms with E-state index in [4.69, 9.17) is 0 Å². The highest BCUT2D eigenvalue weighted by atomic mass is 19.1. The zero-order valence-corrected chi connectivity index (χ0v) is 41.6. The predicted molar refractivity (Wildman–Crippen MR) is 278 cm³/mol. The first kappa shape index (κ1) is 49.5. The van der Waals surface area contributed by atoms with E-state index >= 15 is 0 Å². The van der Waals surface area contributed by atoms with Gasteiger partial charge in [-0.25, -0.2) is 26.9 Å². The molecule has 0 aliphatic carbocycles. The molecule has 0 N–H and O–H groups in total. The zero-order valence-electron chi connectivity index (χ0n) is 41.6. The third kappa shape index (κ3) is 11.6. The highest BCUT2D eigenvalue weighted by Gasteiger charge is 2.18. The summed E-state index contributed by atoms with van der Waals surface area (Å²) in [7, 11) is 6.15. The molecule has 6 heteroatoms. The number of hydrogen-bond acceptors (Lipinski definition) is 0. The van der Waals surface area contributed by atoms with E-state index in [2.05, 4.69) is 176 Å². The molecule has 0 spiro atoms. The number of halogens is 3. The summed E-state index contributed by atoms with van der Waals surface area (Å²) in [6.07, 6.45) is 7.01. The number of benzene rings is 6. The summed E-state index contributed by atoms with van der Waals surface area (Å²) in [5, 5.41) is 0. The topological polar surface area (TPSA) is 11.6 Å². The molecule has 0 bridgehead atoms. The Bertz CT molecular complexity index is 3260. The second-order valence-electron chi connectivity index (χ2n) is 18.2. The molecular formula is C63H63F3N3+3. The van der Waals surface area contributed by atoms with E-state index in [9.17, 15) is 13.2 Å². The second kappa shape index (κ2) is 22.1. The van der Waals surface area contributed by atoms with Gasteiger partial charge < -0.3 is 0 Å². The first-order valence-electron chi connectivity index (χ1n) is 23.7. The predicted octanol–water partition coefficient (Wildman–Crippen LogP) is 14.9. The van der Waals surface area contributed by atoms with Gasteiger partial charge in [0.15, 0.2) is 18.6 Å². The lowest BCUT2D eigenvalue weighted by Gasteiger charge is -2.10. The average molecular weight is 919 g/mol. The minimum absolute atomic E-state index is 0.128. The number of pyridine rings is 3. The molecular weight excluding hydrogens is 856 g/mol. The van der Waals surface area contributed by atoms with Gasteiger partial charge >= 0.3 is 0 Å². The van der Waals surface area contributed by atoms with Gasteiger partial charge in [-0.3, -0.25) is 0 Å². The first-order chi connectivity index (χ1) is 33.1. The van der Waals surface area contributed by atoms with Crippen LogP contribution in [0.3, 0.4) is 0 Å². The maximum absolute atomic E-state index is 13.9. The fraction of sp³-hybridized carbons (Fsp3) is 0.190. The van der Waals surface area contributed by atoms with Crippen molar-refractivity contribution in [1.29, 1.82) is 0 Å². The Balaban J connectivity index is 0.000000153. The Morgan fingerprint density at radius 3 is 1.09 bits per heavy atom. The van der Waals surface area contributed by atoms with Crippen molar-refractivity contribution >= 4 is 0 Å². The minimum Gasteiger partial charge on any atom is -0.207 e. The molecule has 0 amide bonds. The zero-order chi connectivity index (χ0) is 49.4. The van der Waals surface area contributed by atoms with E-state index in [0.717, 1.165) is 44.5 Å². The van der Waals surface area contributed by atoms with Crippen LogP contribution in [0.1, 0.15) is 60.1 Å². The third-order valence-corrected chi connectivity index (χ3v) is 12.9. The summed E-state index contributed by atoms with van der Waals surface area (Å²) in [4.78, 5) is 0. The number of rotatable bonds is 8. The van der Waals surface area contributed by atoms with Gasteiger partial charge in [0.05, 0.1) is 0 Å². The highest BCUT2D eigenvalue weighted by Crippen LogP contribution is 2.29. The summed E-state index contributed by atoms with van der Waals surface area (Å²) < 4.78 is 47.4. The van der Waals surface area contributed by atoms with Crippen LogP contribution >= 0.6 is 0 Å². The lowest BCUT2D eigenvalue weighted by molar-refractivity contribution is -0.660. The van der Waals surface area contributed by atoms with Gasteiger partial charge in [-0.1, -0.05) is 93.6 Å². The third-order valence-electron chi connectivity index (χ3n) is 12.9. The van der Waals surface area contributed by atoms with E-state index in [0.29, 0.717) is 12.0 Å². The molecule has 0 saturated heterocycles. The molecule has 3 heterocycles. The summed E-state index contributed by atoms with van der Waals surface area (Å²) in [6.45, 7) is 14.2. The van der Waals surface area contributed by atoms with Crippen LogP contribution in [0.15, 0.2) is 182 Å². The van der Waals surface area contributed by atoms with Crippen molar-refractivity contribution in [3.63, 3.8) is 0 Å². The maximum atomic E-state index is 13.9. The molecule has 69 heavy (non-hydrogen) atoms. The monoisotopic (exact) mass is 918 g/mol. The molecule has 0 unspecified atom stereocenters. The molecule has 0 aliphatic heterocycles. The molecule has 0 atom stereocenters. The van der Waals surface area contributed by atoms with Crippen LogP contribution in [0.4, 0.5) is 13.2 Å². The first-order valence-corrected chi connectivity index (χ1v) is 23.7. The van der Waals surface area contributed by atoms with Gasteiger partial charge in [-0.2, -0.15) is 0 Å². The Labute approximate surface area is 407 Å². The smallest absolute Gasteiger partial charge is 0.207 e. The van der Waals surface area contributed by atoms with Crippen molar-refractivity contribution in [3.05, 3.63) is 233 Å². The van der Waals surface area contributed by atoms with Gasteiger partial charge in [-0.05, 0) is 163 Å². The average Bonchev–Trinajstić information content (AvgIpc) is 3.34. The van der Waals surface area contributed by atoms with E-state index in [1.54, 1.807) is 19.1 Å². The highest BCUT2D eigenvalue weighted by molar-refractivity contribution is 5.69. The molecule has 0 radical (unpaired) electrons. The second-order valence-corrected chi connectivity index (χ2v) is 18.2. The standard InChI is InChI=1S/C22H23FN.C21H21FN.C20H19FN/c1-15(2)20-13-17(9-11-21(20)23)18-10-12-22(24(4)14-18)19-8-6-5-7-16(19)3;1-4-16-13-17(9-11-20(16)22)18-10-12-21(23(3)14-18)19-8-6-5-7-15(19)2;1-14-6-4-5-7-18(14)20-11-9-17(13-22(20)3)16-8-10-19(21)15(2)12-16/h5-15H,1-4H3;5-14H,4H2,1-3H3;4-13H,1-3H3/q3*+1. The minimum atomic E-state index is -0.162. The van der Waals surface area contributed by atoms with E-state index < -0.39 is 0 Å². The summed E-state index contributed by atoms with van der Waals surface area (Å²) in [6, 6.07) is 53.8. The Morgan fingerprint density at radius 1 is 0.377 bits per heavy atom. The van der Waals surface area contributed by atoms with E-state index in [-0.39, 0.29) is 23.4 Å². The molecule has 0 fully saturated rings. The van der Waals surface area contributed by atoms with Crippen molar-refractivity contribution in [2.75, 3.05) is 0 Å². The van der Waals surface area contributed by atoms with Crippen LogP contribution in [-0.2, 0) is 27.6 Å². The number of hydrogen-bond donors (Lipinski definition) is 0. The van der Waals surface area contributed by atoms with E-state index in [1.165, 1.54) is 56.5 Å². The van der Waals surface area contributed by atoms with Gasteiger partial charge in [-0.15, -0.1) is 0 Å². The quantitative estimate of drug-likeness (QED) is 0.135. The summed E-state index contributed by atoms with van der Waals surface area (Å²) >= 11 is 0. The molecule has 348 valence electrons. The molecule has 0 aliphatic rings. The lowest BCUT2D eigenvalue weighted by Crippen LogP contribution is -2.30. The van der Waals surface area contributed by atoms with Crippen LogP contribution in [0.25, 0.3) is 67.2 Å². The Kier molecular flexibility index (Phi) is 15.9. The normalized spacial score (nSPS) is 10.9. The van der Waals surface area contributed by atoms with Crippen LogP contribution in [0, 0.1) is 45.1 Å².